The molecular weight excluding hydrogens is 183 g/mol. The highest BCUT2D eigenvalue weighted by atomic mass is 19.1. The molecule has 74 valence electrons. The number of hydrogen-bond acceptors (Lipinski definition) is 3. The van der Waals surface area contributed by atoms with Crippen molar-refractivity contribution in [1.29, 1.82) is 5.26 Å². The van der Waals surface area contributed by atoms with Gasteiger partial charge in [0.05, 0.1) is 25.3 Å². The van der Waals surface area contributed by atoms with Crippen molar-refractivity contribution in [3.63, 3.8) is 0 Å². The molecule has 1 aromatic carbocycles. The van der Waals surface area contributed by atoms with E-state index in [0.717, 1.165) is 0 Å². The molecule has 1 N–H and O–H groups in total. The zero-order chi connectivity index (χ0) is 10.4. The van der Waals surface area contributed by atoms with Crippen LogP contribution in [0.15, 0.2) is 18.2 Å². The Morgan fingerprint density at radius 3 is 3.00 bits per heavy atom. The third-order valence-corrected chi connectivity index (χ3v) is 1.72. The number of nitrogens with zero attached hydrogens (tertiary/aromatic N) is 1. The van der Waals surface area contributed by atoms with Crippen LogP contribution in [0.5, 0.6) is 5.75 Å². The Morgan fingerprint density at radius 1 is 1.57 bits per heavy atom. The fourth-order valence-electron chi connectivity index (χ4n) is 1.06. The van der Waals surface area contributed by atoms with Crippen molar-refractivity contribution in [3.05, 3.63) is 24.0 Å². The number of halogens is 1. The number of nitriles is 1. The minimum Gasteiger partial charge on any atom is -0.494 e. The predicted molar refractivity (Wildman–Crippen MR) is 51.7 cm³/mol. The van der Waals surface area contributed by atoms with Crippen LogP contribution in [0.25, 0.3) is 0 Å². The summed E-state index contributed by atoms with van der Waals surface area (Å²) in [6, 6.07) is 6.24. The fourth-order valence-corrected chi connectivity index (χ4v) is 1.06. The molecule has 0 atom stereocenters. The summed E-state index contributed by atoms with van der Waals surface area (Å²) < 4.78 is 17.7. The Labute approximate surface area is 82.1 Å². The number of anilines is 1. The first-order chi connectivity index (χ1) is 6.77. The molecule has 0 aliphatic carbocycles. The number of hydrogen-bond donors (Lipinski definition) is 1. The van der Waals surface area contributed by atoms with E-state index in [2.05, 4.69) is 5.32 Å². The van der Waals surface area contributed by atoms with Crippen molar-refractivity contribution >= 4 is 5.69 Å². The molecule has 0 saturated carbocycles. The minimum absolute atomic E-state index is 0.340. The van der Waals surface area contributed by atoms with Crippen LogP contribution >= 0.6 is 0 Å². The van der Waals surface area contributed by atoms with Gasteiger partial charge in [-0.05, 0) is 12.1 Å². The lowest BCUT2D eigenvalue weighted by molar-refractivity contribution is 0.413. The first-order valence-corrected chi connectivity index (χ1v) is 4.22. The molecule has 1 aromatic rings. The molecule has 0 aliphatic heterocycles. The Morgan fingerprint density at radius 2 is 2.36 bits per heavy atom. The maximum atomic E-state index is 12.8. The smallest absolute Gasteiger partial charge is 0.144 e. The van der Waals surface area contributed by atoms with Gasteiger partial charge >= 0.3 is 0 Å². The van der Waals surface area contributed by atoms with E-state index in [1.165, 1.54) is 19.2 Å². The average molecular weight is 194 g/mol. The van der Waals surface area contributed by atoms with E-state index in [9.17, 15) is 4.39 Å². The molecule has 0 bridgehead atoms. The van der Waals surface area contributed by atoms with Gasteiger partial charge in [-0.15, -0.1) is 0 Å². The van der Waals surface area contributed by atoms with Gasteiger partial charge < -0.3 is 10.1 Å². The van der Waals surface area contributed by atoms with Gasteiger partial charge in [0.1, 0.15) is 11.6 Å². The fraction of sp³-hybridized carbons (Fsp3) is 0.300. The molecule has 4 heteroatoms. The predicted octanol–water partition coefficient (Wildman–Crippen LogP) is 2.16. The lowest BCUT2D eigenvalue weighted by Crippen LogP contribution is -2.02. The number of ether oxygens (including phenoxy) is 1. The van der Waals surface area contributed by atoms with Crippen molar-refractivity contribution in [1.82, 2.24) is 0 Å². The molecule has 0 spiro atoms. The summed E-state index contributed by atoms with van der Waals surface area (Å²) in [6.07, 6.45) is 0.403. The van der Waals surface area contributed by atoms with Crippen LogP contribution < -0.4 is 10.1 Å². The zero-order valence-electron chi connectivity index (χ0n) is 7.88. The summed E-state index contributed by atoms with van der Waals surface area (Å²) in [5.74, 6) is 0.107. The second-order valence-electron chi connectivity index (χ2n) is 2.68. The van der Waals surface area contributed by atoms with Gasteiger partial charge in [-0.3, -0.25) is 0 Å². The third-order valence-electron chi connectivity index (χ3n) is 1.72. The highest BCUT2D eigenvalue weighted by Gasteiger charge is 2.02. The van der Waals surface area contributed by atoms with Gasteiger partial charge in [0, 0.05) is 12.6 Å². The third kappa shape index (κ3) is 2.63. The van der Waals surface area contributed by atoms with Gasteiger partial charge in [0.25, 0.3) is 0 Å². The monoisotopic (exact) mass is 194 g/mol. The SMILES string of the molecule is COc1cc(F)ccc1NCCC#N. The van der Waals surface area contributed by atoms with E-state index >= 15 is 0 Å². The first-order valence-electron chi connectivity index (χ1n) is 4.22. The van der Waals surface area contributed by atoms with Crippen LogP contribution in [0.4, 0.5) is 10.1 Å². The summed E-state index contributed by atoms with van der Waals surface area (Å²) in [7, 11) is 1.48. The molecule has 0 heterocycles. The molecule has 3 nitrogen and oxygen atoms in total. The van der Waals surface area contributed by atoms with Gasteiger partial charge in [0.15, 0.2) is 0 Å². The summed E-state index contributed by atoms with van der Waals surface area (Å²) in [5, 5.41) is 11.3. The Balaban J connectivity index is 2.71. The van der Waals surface area contributed by atoms with E-state index in [4.69, 9.17) is 10.00 Å². The minimum atomic E-state index is -0.340. The largest absolute Gasteiger partial charge is 0.494 e. The zero-order valence-corrected chi connectivity index (χ0v) is 7.88. The van der Waals surface area contributed by atoms with E-state index < -0.39 is 0 Å². The maximum Gasteiger partial charge on any atom is 0.144 e. The second kappa shape index (κ2) is 5.07. The summed E-state index contributed by atoms with van der Waals surface area (Å²) in [6.45, 7) is 0.526. The summed E-state index contributed by atoms with van der Waals surface area (Å²) in [5.41, 5.74) is 0.698. The Bertz CT molecular complexity index is 346. The number of benzene rings is 1. The van der Waals surface area contributed by atoms with Crippen LogP contribution in [-0.4, -0.2) is 13.7 Å². The number of methoxy groups -OCH3 is 1. The van der Waals surface area contributed by atoms with Gasteiger partial charge in [-0.2, -0.15) is 5.26 Å². The normalized spacial score (nSPS) is 9.21. The summed E-state index contributed by atoms with van der Waals surface area (Å²) in [4.78, 5) is 0. The molecule has 0 saturated heterocycles. The second-order valence-corrected chi connectivity index (χ2v) is 2.68. The highest BCUT2D eigenvalue weighted by molar-refractivity contribution is 5.56. The lowest BCUT2D eigenvalue weighted by atomic mass is 10.2. The standard InChI is InChI=1S/C10H11FN2O/c1-14-10-7-8(11)3-4-9(10)13-6-2-5-12/h3-4,7,13H,2,6H2,1H3. The Kier molecular flexibility index (Phi) is 3.74. The highest BCUT2D eigenvalue weighted by Crippen LogP contribution is 2.24. The van der Waals surface area contributed by atoms with E-state index in [-0.39, 0.29) is 5.82 Å². The average Bonchev–Trinajstić information content (AvgIpc) is 2.20. The van der Waals surface area contributed by atoms with Crippen molar-refractivity contribution in [2.45, 2.75) is 6.42 Å². The number of rotatable bonds is 4. The molecule has 0 amide bonds. The van der Waals surface area contributed by atoms with Crippen LogP contribution in [0.1, 0.15) is 6.42 Å². The molecule has 0 aliphatic rings. The van der Waals surface area contributed by atoms with Crippen LogP contribution in [0.3, 0.4) is 0 Å². The van der Waals surface area contributed by atoms with Gasteiger partial charge in [-0.25, -0.2) is 4.39 Å². The van der Waals surface area contributed by atoms with Crippen LogP contribution in [0, 0.1) is 17.1 Å². The van der Waals surface area contributed by atoms with Gasteiger partial charge in [-0.1, -0.05) is 0 Å². The molecule has 14 heavy (non-hydrogen) atoms. The van der Waals surface area contributed by atoms with Crippen molar-refractivity contribution in [3.8, 4) is 11.8 Å². The topological polar surface area (TPSA) is 45.0 Å². The molecule has 1 rings (SSSR count). The van der Waals surface area contributed by atoms with Crippen LogP contribution in [-0.2, 0) is 0 Å². The van der Waals surface area contributed by atoms with Crippen molar-refractivity contribution in [2.24, 2.45) is 0 Å². The van der Waals surface area contributed by atoms with Crippen LogP contribution in [0.2, 0.25) is 0 Å². The lowest BCUT2D eigenvalue weighted by Gasteiger charge is -2.09. The molecular formula is C10H11FN2O. The first kappa shape index (κ1) is 10.3. The van der Waals surface area contributed by atoms with Crippen molar-refractivity contribution in [2.75, 3.05) is 19.0 Å². The summed E-state index contributed by atoms with van der Waals surface area (Å²) >= 11 is 0. The molecule has 0 radical (unpaired) electrons. The Hall–Kier alpha value is -1.76. The van der Waals surface area contributed by atoms with E-state index in [1.807, 2.05) is 6.07 Å². The van der Waals surface area contributed by atoms with Crippen molar-refractivity contribution < 1.29 is 9.13 Å². The molecule has 0 unspecified atom stereocenters. The quantitative estimate of drug-likeness (QED) is 0.747. The van der Waals surface area contributed by atoms with E-state index in [0.29, 0.717) is 24.4 Å². The molecule has 0 fully saturated rings. The van der Waals surface area contributed by atoms with Gasteiger partial charge in [0.2, 0.25) is 0 Å². The molecule has 0 aromatic heterocycles. The van der Waals surface area contributed by atoms with E-state index in [1.54, 1.807) is 6.07 Å². The maximum absolute atomic E-state index is 12.8. The number of nitrogens with one attached hydrogen (secondary N) is 1.